The molecule has 3 atom stereocenters. The van der Waals surface area contributed by atoms with Gasteiger partial charge in [0, 0.05) is 38.5 Å². The van der Waals surface area contributed by atoms with E-state index in [1.807, 2.05) is 11.8 Å². The SMILES string of the molecule is CSC1CCCC(NC(=NCC(=O)N(C)C)NCC2CCCCO2)C1.I. The number of carbonyl (C=O) groups excluding carboxylic acids is 1. The Morgan fingerprint density at radius 1 is 1.23 bits per heavy atom. The molecule has 0 bridgehead atoms. The van der Waals surface area contributed by atoms with Crippen molar-refractivity contribution < 1.29 is 9.53 Å². The van der Waals surface area contributed by atoms with E-state index in [4.69, 9.17) is 4.74 Å². The molecule has 2 rings (SSSR count). The van der Waals surface area contributed by atoms with Crippen molar-refractivity contribution in [2.24, 2.45) is 4.99 Å². The highest BCUT2D eigenvalue weighted by Gasteiger charge is 2.22. The van der Waals surface area contributed by atoms with Crippen molar-refractivity contribution in [3.63, 3.8) is 0 Å². The third-order valence-electron chi connectivity index (χ3n) is 4.94. The first-order chi connectivity index (χ1) is 12.1. The van der Waals surface area contributed by atoms with Crippen molar-refractivity contribution in [3.05, 3.63) is 0 Å². The summed E-state index contributed by atoms with van der Waals surface area (Å²) < 4.78 is 5.79. The number of thioether (sulfide) groups is 1. The van der Waals surface area contributed by atoms with E-state index in [9.17, 15) is 4.79 Å². The first kappa shape index (κ1) is 23.8. The van der Waals surface area contributed by atoms with Gasteiger partial charge in [0.1, 0.15) is 6.54 Å². The van der Waals surface area contributed by atoms with Gasteiger partial charge in [-0.2, -0.15) is 11.8 Å². The van der Waals surface area contributed by atoms with Crippen molar-refractivity contribution in [2.75, 3.05) is 40.0 Å². The molecule has 1 heterocycles. The molecular formula is C18H35IN4O2S. The molecule has 152 valence electrons. The lowest BCUT2D eigenvalue weighted by Crippen LogP contribution is -2.48. The number of amides is 1. The van der Waals surface area contributed by atoms with Crippen LogP contribution < -0.4 is 10.6 Å². The Balaban J connectivity index is 0.00000338. The molecular weight excluding hydrogens is 463 g/mol. The van der Waals surface area contributed by atoms with Gasteiger partial charge in [-0.25, -0.2) is 4.99 Å². The molecule has 1 aliphatic heterocycles. The Morgan fingerprint density at radius 2 is 2.04 bits per heavy atom. The van der Waals surface area contributed by atoms with Crippen LogP contribution in [-0.4, -0.2) is 74.2 Å². The predicted octanol–water partition coefficient (Wildman–Crippen LogP) is 2.47. The zero-order valence-corrected chi connectivity index (χ0v) is 19.5. The van der Waals surface area contributed by atoms with Crippen LogP contribution in [0.5, 0.6) is 0 Å². The summed E-state index contributed by atoms with van der Waals surface area (Å²) in [5.74, 6) is 0.761. The van der Waals surface area contributed by atoms with E-state index >= 15 is 0 Å². The summed E-state index contributed by atoms with van der Waals surface area (Å²) in [5.41, 5.74) is 0. The Labute approximate surface area is 179 Å². The van der Waals surface area contributed by atoms with Crippen LogP contribution in [0.2, 0.25) is 0 Å². The lowest BCUT2D eigenvalue weighted by Gasteiger charge is -2.30. The molecule has 8 heteroatoms. The molecule has 1 amide bonds. The summed E-state index contributed by atoms with van der Waals surface area (Å²) in [7, 11) is 3.52. The van der Waals surface area contributed by atoms with Crippen molar-refractivity contribution in [1.82, 2.24) is 15.5 Å². The van der Waals surface area contributed by atoms with Gasteiger partial charge in [0.15, 0.2) is 5.96 Å². The van der Waals surface area contributed by atoms with Crippen LogP contribution in [0, 0.1) is 0 Å². The number of hydrogen-bond acceptors (Lipinski definition) is 4. The Morgan fingerprint density at radius 3 is 2.69 bits per heavy atom. The molecule has 1 saturated heterocycles. The zero-order valence-electron chi connectivity index (χ0n) is 16.3. The number of hydrogen-bond donors (Lipinski definition) is 2. The van der Waals surface area contributed by atoms with Gasteiger partial charge in [-0.15, -0.1) is 24.0 Å². The van der Waals surface area contributed by atoms with Gasteiger partial charge in [-0.3, -0.25) is 4.79 Å². The standard InChI is InChI=1S/C18H34N4O2S.HI/c1-22(2)17(23)13-20-18(19-12-15-8-4-5-10-24-15)21-14-7-6-9-16(11-14)25-3;/h14-16H,4-13H2,1-3H3,(H2,19,20,21);1H. The average Bonchev–Trinajstić information content (AvgIpc) is 2.64. The highest BCUT2D eigenvalue weighted by Crippen LogP contribution is 2.26. The molecule has 0 aromatic rings. The number of halogens is 1. The topological polar surface area (TPSA) is 66.0 Å². The normalized spacial score (nSPS) is 26.6. The van der Waals surface area contributed by atoms with Gasteiger partial charge in [-0.05, 0) is 44.8 Å². The van der Waals surface area contributed by atoms with Gasteiger partial charge >= 0.3 is 0 Å². The molecule has 6 nitrogen and oxygen atoms in total. The number of nitrogens with one attached hydrogen (secondary N) is 2. The summed E-state index contributed by atoms with van der Waals surface area (Å²) in [4.78, 5) is 18.0. The van der Waals surface area contributed by atoms with Crippen LogP contribution in [-0.2, 0) is 9.53 Å². The molecule has 3 unspecified atom stereocenters. The predicted molar refractivity (Wildman–Crippen MR) is 121 cm³/mol. The number of likely N-dealkylation sites (N-methyl/N-ethyl adjacent to an activating group) is 1. The lowest BCUT2D eigenvalue weighted by molar-refractivity contribution is -0.127. The maximum atomic E-state index is 11.9. The molecule has 26 heavy (non-hydrogen) atoms. The van der Waals surface area contributed by atoms with Crippen LogP contribution in [0.15, 0.2) is 4.99 Å². The Kier molecular flexibility index (Phi) is 11.9. The molecule has 0 spiro atoms. The molecule has 0 radical (unpaired) electrons. The number of rotatable bonds is 6. The molecule has 2 aliphatic rings. The van der Waals surface area contributed by atoms with Gasteiger partial charge in [-0.1, -0.05) is 6.42 Å². The Hall–Kier alpha value is -0.220. The fourth-order valence-electron chi connectivity index (χ4n) is 3.30. The van der Waals surface area contributed by atoms with E-state index in [2.05, 4.69) is 21.9 Å². The highest BCUT2D eigenvalue weighted by molar-refractivity contribution is 14.0. The third kappa shape index (κ3) is 8.65. The van der Waals surface area contributed by atoms with Crippen LogP contribution in [0.1, 0.15) is 44.9 Å². The molecule has 0 aromatic carbocycles. The van der Waals surface area contributed by atoms with Crippen molar-refractivity contribution in [1.29, 1.82) is 0 Å². The number of ether oxygens (including phenoxy) is 1. The maximum absolute atomic E-state index is 11.9. The molecule has 0 aromatic heterocycles. The fourth-order valence-corrected chi connectivity index (χ4v) is 4.13. The number of aliphatic imine (C=N–C) groups is 1. The summed E-state index contributed by atoms with van der Waals surface area (Å²) in [6, 6.07) is 0.430. The largest absolute Gasteiger partial charge is 0.376 e. The first-order valence-electron chi connectivity index (χ1n) is 9.48. The molecule has 2 N–H and O–H groups in total. The van der Waals surface area contributed by atoms with Crippen LogP contribution in [0.25, 0.3) is 0 Å². The smallest absolute Gasteiger partial charge is 0.243 e. The van der Waals surface area contributed by atoms with E-state index in [-0.39, 0.29) is 42.5 Å². The second-order valence-corrected chi connectivity index (χ2v) is 8.33. The van der Waals surface area contributed by atoms with Gasteiger partial charge in [0.25, 0.3) is 0 Å². The highest BCUT2D eigenvalue weighted by atomic mass is 127. The number of carbonyl (C=O) groups is 1. The minimum atomic E-state index is 0. The summed E-state index contributed by atoms with van der Waals surface area (Å²) in [6.45, 7) is 1.77. The van der Waals surface area contributed by atoms with E-state index in [0.29, 0.717) is 6.04 Å². The second-order valence-electron chi connectivity index (χ2n) is 7.19. The van der Waals surface area contributed by atoms with E-state index in [0.717, 1.165) is 43.6 Å². The fraction of sp³-hybridized carbons (Fsp3) is 0.889. The van der Waals surface area contributed by atoms with E-state index in [1.165, 1.54) is 25.7 Å². The third-order valence-corrected chi connectivity index (χ3v) is 6.04. The maximum Gasteiger partial charge on any atom is 0.243 e. The number of nitrogens with zero attached hydrogens (tertiary/aromatic N) is 2. The number of guanidine groups is 1. The van der Waals surface area contributed by atoms with Crippen LogP contribution in [0.4, 0.5) is 0 Å². The monoisotopic (exact) mass is 498 g/mol. The minimum absolute atomic E-state index is 0. The van der Waals surface area contributed by atoms with Crippen LogP contribution in [0.3, 0.4) is 0 Å². The second kappa shape index (κ2) is 13.0. The molecule has 1 saturated carbocycles. The minimum Gasteiger partial charge on any atom is -0.376 e. The first-order valence-corrected chi connectivity index (χ1v) is 10.8. The Bertz CT molecular complexity index is 445. The summed E-state index contributed by atoms with van der Waals surface area (Å²) in [5, 5.41) is 7.67. The van der Waals surface area contributed by atoms with Crippen LogP contribution >= 0.6 is 35.7 Å². The average molecular weight is 498 g/mol. The van der Waals surface area contributed by atoms with Gasteiger partial charge < -0.3 is 20.3 Å². The zero-order chi connectivity index (χ0) is 18.1. The van der Waals surface area contributed by atoms with Gasteiger partial charge in [0.05, 0.1) is 6.10 Å². The van der Waals surface area contributed by atoms with Crippen molar-refractivity contribution >= 4 is 47.6 Å². The van der Waals surface area contributed by atoms with Gasteiger partial charge in [0.2, 0.25) is 5.91 Å². The molecule has 1 aliphatic carbocycles. The summed E-state index contributed by atoms with van der Waals surface area (Å²) in [6.07, 6.45) is 10.8. The van der Waals surface area contributed by atoms with Crippen molar-refractivity contribution in [3.8, 4) is 0 Å². The van der Waals surface area contributed by atoms with E-state index in [1.54, 1.807) is 19.0 Å². The quantitative estimate of drug-likeness (QED) is 0.335. The van der Waals surface area contributed by atoms with Crippen molar-refractivity contribution in [2.45, 2.75) is 62.3 Å². The summed E-state index contributed by atoms with van der Waals surface area (Å²) >= 11 is 1.95. The molecule has 2 fully saturated rings. The van der Waals surface area contributed by atoms with E-state index < -0.39 is 0 Å². The lowest BCUT2D eigenvalue weighted by atomic mass is 9.95.